The van der Waals surface area contributed by atoms with Crippen LogP contribution in [-0.4, -0.2) is 46.2 Å². The highest BCUT2D eigenvalue weighted by molar-refractivity contribution is 6.30. The van der Waals surface area contributed by atoms with Gasteiger partial charge in [-0.05, 0) is 13.8 Å². The minimum atomic E-state index is -1.38. The zero-order valence-electron chi connectivity index (χ0n) is 7.94. The van der Waals surface area contributed by atoms with Crippen LogP contribution < -0.4 is 0 Å². The number of ether oxygens (including phenoxy) is 2. The van der Waals surface area contributed by atoms with Crippen LogP contribution in [0.25, 0.3) is 0 Å². The molecule has 3 atom stereocenters. The number of hydrogen-bond acceptors (Lipinski definition) is 4. The highest BCUT2D eigenvalue weighted by Gasteiger charge is 2.41. The van der Waals surface area contributed by atoms with Gasteiger partial charge in [0.25, 0.3) is 0 Å². The first-order chi connectivity index (χ1) is 6.33. The molecule has 0 radical (unpaired) electrons. The number of carbonyl (C=O) groups is 1. The number of halogens is 1. The van der Waals surface area contributed by atoms with Gasteiger partial charge in [-0.3, -0.25) is 4.79 Å². The van der Waals surface area contributed by atoms with Crippen molar-refractivity contribution in [3.05, 3.63) is 0 Å². The van der Waals surface area contributed by atoms with Gasteiger partial charge in [0.2, 0.25) is 0 Å². The Balaban J connectivity index is 2.55. The lowest BCUT2D eigenvalue weighted by molar-refractivity contribution is -0.156. The molecule has 1 fully saturated rings. The molecule has 0 aromatic rings. The third-order valence-electron chi connectivity index (χ3n) is 1.95. The summed E-state index contributed by atoms with van der Waals surface area (Å²) in [4.78, 5) is 10.5. The molecule has 0 aliphatic carbocycles. The summed E-state index contributed by atoms with van der Waals surface area (Å²) in [7, 11) is 0. The monoisotopic (exact) mass is 224 g/mol. The van der Waals surface area contributed by atoms with Crippen molar-refractivity contribution < 1.29 is 24.5 Å². The fourth-order valence-corrected chi connectivity index (χ4v) is 1.38. The summed E-state index contributed by atoms with van der Waals surface area (Å²) in [5.74, 6) is -2.06. The average Bonchev–Trinajstić information content (AvgIpc) is 2.43. The summed E-state index contributed by atoms with van der Waals surface area (Å²) in [6.07, 6.45) is -1.96. The minimum absolute atomic E-state index is 0.144. The van der Waals surface area contributed by atoms with Crippen molar-refractivity contribution in [2.24, 2.45) is 0 Å². The number of carboxylic acids is 1. The van der Waals surface area contributed by atoms with Crippen LogP contribution in [0.5, 0.6) is 0 Å². The third kappa shape index (κ3) is 2.57. The van der Waals surface area contributed by atoms with E-state index in [4.69, 9.17) is 26.2 Å². The van der Waals surface area contributed by atoms with E-state index in [1.54, 1.807) is 13.8 Å². The summed E-state index contributed by atoms with van der Waals surface area (Å²) in [6, 6.07) is 0. The second-order valence-electron chi connectivity index (χ2n) is 3.60. The second kappa shape index (κ2) is 4.02. The Hall–Kier alpha value is -0.360. The lowest BCUT2D eigenvalue weighted by atomic mass is 10.1. The first-order valence-corrected chi connectivity index (χ1v) is 4.64. The van der Waals surface area contributed by atoms with Crippen LogP contribution in [0.1, 0.15) is 13.8 Å². The normalized spacial score (nSPS) is 29.9. The minimum Gasteiger partial charge on any atom is -0.480 e. The maximum Gasteiger partial charge on any atom is 0.324 e. The fourth-order valence-electron chi connectivity index (χ4n) is 1.22. The molecule has 0 bridgehead atoms. The fraction of sp³-hybridized carbons (Fsp3) is 0.875. The molecule has 6 heteroatoms. The number of aliphatic hydroxyl groups excluding tert-OH is 1. The van der Waals surface area contributed by atoms with E-state index in [2.05, 4.69) is 0 Å². The molecule has 0 saturated carbocycles. The molecule has 2 N–H and O–H groups in total. The Morgan fingerprint density at radius 3 is 2.57 bits per heavy atom. The molecule has 2 unspecified atom stereocenters. The van der Waals surface area contributed by atoms with Gasteiger partial charge in [0, 0.05) is 0 Å². The molecule has 1 saturated heterocycles. The zero-order chi connectivity index (χ0) is 10.9. The van der Waals surface area contributed by atoms with Gasteiger partial charge in [-0.25, -0.2) is 0 Å². The van der Waals surface area contributed by atoms with Crippen molar-refractivity contribution in [3.63, 3.8) is 0 Å². The molecular weight excluding hydrogens is 212 g/mol. The van der Waals surface area contributed by atoms with E-state index in [0.717, 1.165) is 0 Å². The lowest BCUT2D eigenvalue weighted by Gasteiger charge is -2.21. The lowest BCUT2D eigenvalue weighted by Crippen LogP contribution is -2.41. The Bertz CT molecular complexity index is 230. The van der Waals surface area contributed by atoms with Crippen molar-refractivity contribution in [2.75, 3.05) is 6.61 Å². The first kappa shape index (κ1) is 11.7. The SMILES string of the molecule is CC1(C)OC[C@H](C(O)C(Cl)C(=O)O)O1. The summed E-state index contributed by atoms with van der Waals surface area (Å²) in [5, 5.41) is 16.7. The topological polar surface area (TPSA) is 76.0 Å². The molecule has 0 amide bonds. The number of aliphatic carboxylic acids is 1. The summed E-state index contributed by atoms with van der Waals surface area (Å²) < 4.78 is 10.4. The van der Waals surface area contributed by atoms with Gasteiger partial charge in [0.15, 0.2) is 11.2 Å². The molecule has 5 nitrogen and oxygen atoms in total. The van der Waals surface area contributed by atoms with Crippen molar-refractivity contribution in [2.45, 2.75) is 37.2 Å². The van der Waals surface area contributed by atoms with E-state index >= 15 is 0 Å². The van der Waals surface area contributed by atoms with E-state index < -0.39 is 29.3 Å². The molecule has 1 aliphatic heterocycles. The number of alkyl halides is 1. The van der Waals surface area contributed by atoms with Crippen LogP contribution >= 0.6 is 11.6 Å². The highest BCUT2D eigenvalue weighted by Crippen LogP contribution is 2.26. The largest absolute Gasteiger partial charge is 0.480 e. The maximum atomic E-state index is 10.5. The Kier molecular flexibility index (Phi) is 3.36. The summed E-state index contributed by atoms with van der Waals surface area (Å²) in [6.45, 7) is 3.51. The molecule has 82 valence electrons. The second-order valence-corrected chi connectivity index (χ2v) is 4.07. The Labute approximate surface area is 86.6 Å². The third-order valence-corrected chi connectivity index (χ3v) is 2.39. The van der Waals surface area contributed by atoms with E-state index in [1.165, 1.54) is 0 Å². The molecular formula is C8H13ClO5. The molecule has 1 rings (SSSR count). The van der Waals surface area contributed by atoms with Crippen LogP contribution in [0.3, 0.4) is 0 Å². The molecule has 0 aromatic carbocycles. The van der Waals surface area contributed by atoms with E-state index in [9.17, 15) is 9.90 Å². The van der Waals surface area contributed by atoms with Crippen LogP contribution in [0, 0.1) is 0 Å². The zero-order valence-corrected chi connectivity index (χ0v) is 8.69. The predicted molar refractivity (Wildman–Crippen MR) is 48.2 cm³/mol. The van der Waals surface area contributed by atoms with Gasteiger partial charge < -0.3 is 19.7 Å². The van der Waals surface area contributed by atoms with Crippen molar-refractivity contribution in [1.82, 2.24) is 0 Å². The smallest absolute Gasteiger partial charge is 0.324 e. The van der Waals surface area contributed by atoms with Crippen LogP contribution in [0.4, 0.5) is 0 Å². The van der Waals surface area contributed by atoms with Gasteiger partial charge in [-0.15, -0.1) is 11.6 Å². The average molecular weight is 225 g/mol. The van der Waals surface area contributed by atoms with Gasteiger partial charge in [0.1, 0.15) is 12.2 Å². The first-order valence-electron chi connectivity index (χ1n) is 4.20. The highest BCUT2D eigenvalue weighted by atomic mass is 35.5. The number of aliphatic hydroxyl groups is 1. The van der Waals surface area contributed by atoms with E-state index in [0.29, 0.717) is 0 Å². The summed E-state index contributed by atoms with van der Waals surface area (Å²) in [5.41, 5.74) is 0. The number of rotatable bonds is 3. The number of hydrogen-bond donors (Lipinski definition) is 2. The molecule has 14 heavy (non-hydrogen) atoms. The standard InChI is InChI=1S/C8H13ClO5/c1-8(2)13-3-4(14-8)6(10)5(9)7(11)12/h4-6,10H,3H2,1-2H3,(H,11,12)/t4-,5?,6?/m1/s1. The quantitative estimate of drug-likeness (QED) is 0.670. The Morgan fingerprint density at radius 2 is 2.21 bits per heavy atom. The van der Waals surface area contributed by atoms with Gasteiger partial charge in [-0.1, -0.05) is 0 Å². The summed E-state index contributed by atoms with van der Waals surface area (Å²) >= 11 is 5.45. The van der Waals surface area contributed by atoms with E-state index in [1.807, 2.05) is 0 Å². The predicted octanol–water partition coefficient (Wildman–Crippen LogP) is 0.191. The van der Waals surface area contributed by atoms with Crippen LogP contribution in [0.2, 0.25) is 0 Å². The Morgan fingerprint density at radius 1 is 1.64 bits per heavy atom. The van der Waals surface area contributed by atoms with Crippen molar-refractivity contribution >= 4 is 17.6 Å². The van der Waals surface area contributed by atoms with Crippen LogP contribution in [-0.2, 0) is 14.3 Å². The van der Waals surface area contributed by atoms with Gasteiger partial charge >= 0.3 is 5.97 Å². The van der Waals surface area contributed by atoms with Crippen molar-refractivity contribution in [3.8, 4) is 0 Å². The maximum absolute atomic E-state index is 10.5. The molecule has 0 spiro atoms. The van der Waals surface area contributed by atoms with Gasteiger partial charge in [0.05, 0.1) is 6.61 Å². The van der Waals surface area contributed by atoms with Crippen LogP contribution in [0.15, 0.2) is 0 Å². The van der Waals surface area contributed by atoms with Gasteiger partial charge in [-0.2, -0.15) is 0 Å². The van der Waals surface area contributed by atoms with Crippen molar-refractivity contribution in [1.29, 1.82) is 0 Å². The molecule has 0 aromatic heterocycles. The molecule has 1 aliphatic rings. The number of carboxylic acid groups (broad SMARTS) is 1. The molecule has 1 heterocycles. The van der Waals surface area contributed by atoms with E-state index in [-0.39, 0.29) is 6.61 Å².